The number of ether oxygens (including phenoxy) is 1. The molecule has 3 rings (SSSR count). The number of carbonyl (C=O) groups is 1. The van der Waals surface area contributed by atoms with Crippen LogP contribution in [-0.2, 0) is 21.2 Å². The zero-order valence-corrected chi connectivity index (χ0v) is 21.0. The van der Waals surface area contributed by atoms with E-state index < -0.39 is 10.0 Å². The average Bonchev–Trinajstić information content (AvgIpc) is 2.80. The lowest BCUT2D eigenvalue weighted by molar-refractivity contribution is -0.119. The van der Waals surface area contributed by atoms with Gasteiger partial charge in [-0.15, -0.1) is 0 Å². The number of sulfonamides is 1. The van der Waals surface area contributed by atoms with Crippen LogP contribution in [-0.4, -0.2) is 34.5 Å². The molecule has 0 aromatic heterocycles. The Morgan fingerprint density at radius 1 is 0.912 bits per heavy atom. The largest absolute Gasteiger partial charge is 0.497 e. The highest BCUT2D eigenvalue weighted by Gasteiger charge is 2.27. The Labute approximate surface area is 202 Å². The number of nitrogens with one attached hydrogen (secondary N) is 1. The minimum atomic E-state index is -3.92. The lowest BCUT2D eigenvalue weighted by atomic mass is 10.1. The topological polar surface area (TPSA) is 75.7 Å². The van der Waals surface area contributed by atoms with Crippen LogP contribution >= 0.6 is 0 Å². The first-order valence-electron chi connectivity index (χ1n) is 11.3. The number of amides is 1. The zero-order valence-electron chi connectivity index (χ0n) is 20.2. The second kappa shape index (κ2) is 11.2. The number of aryl methyl sites for hydroxylation is 4. The molecule has 0 aliphatic rings. The van der Waals surface area contributed by atoms with E-state index >= 15 is 0 Å². The summed E-state index contributed by atoms with van der Waals surface area (Å²) in [5.41, 5.74) is 4.42. The second-order valence-corrected chi connectivity index (χ2v) is 10.3. The monoisotopic (exact) mass is 480 g/mol. The number of nitrogens with zero attached hydrogens (tertiary/aromatic N) is 1. The molecule has 0 bridgehead atoms. The van der Waals surface area contributed by atoms with Crippen molar-refractivity contribution >= 4 is 21.6 Å². The van der Waals surface area contributed by atoms with Crippen molar-refractivity contribution in [2.45, 2.75) is 38.5 Å². The van der Waals surface area contributed by atoms with Gasteiger partial charge in [0.25, 0.3) is 10.0 Å². The summed E-state index contributed by atoms with van der Waals surface area (Å²) in [6.07, 6.45) is 1.51. The summed E-state index contributed by atoms with van der Waals surface area (Å²) in [5, 5.41) is 2.87. The van der Waals surface area contributed by atoms with Crippen molar-refractivity contribution in [2.24, 2.45) is 0 Å². The third-order valence-corrected chi connectivity index (χ3v) is 7.28. The van der Waals surface area contributed by atoms with E-state index in [0.717, 1.165) is 40.8 Å². The van der Waals surface area contributed by atoms with Gasteiger partial charge in [-0.3, -0.25) is 9.10 Å². The first-order chi connectivity index (χ1) is 16.2. The van der Waals surface area contributed by atoms with Gasteiger partial charge in [0.2, 0.25) is 5.91 Å². The van der Waals surface area contributed by atoms with E-state index in [1.165, 1.54) is 4.31 Å². The quantitative estimate of drug-likeness (QED) is 0.432. The Kier molecular flexibility index (Phi) is 8.34. The van der Waals surface area contributed by atoms with Crippen LogP contribution in [0.5, 0.6) is 5.75 Å². The fourth-order valence-electron chi connectivity index (χ4n) is 3.78. The summed E-state index contributed by atoms with van der Waals surface area (Å²) in [6, 6.07) is 20.0. The molecule has 3 aromatic carbocycles. The summed E-state index contributed by atoms with van der Waals surface area (Å²) >= 11 is 0. The van der Waals surface area contributed by atoms with Gasteiger partial charge in [-0.25, -0.2) is 8.42 Å². The van der Waals surface area contributed by atoms with Gasteiger partial charge >= 0.3 is 0 Å². The van der Waals surface area contributed by atoms with Gasteiger partial charge in [0.1, 0.15) is 12.3 Å². The Morgan fingerprint density at radius 2 is 1.59 bits per heavy atom. The van der Waals surface area contributed by atoms with E-state index in [1.54, 1.807) is 43.5 Å². The molecular weight excluding hydrogens is 448 g/mol. The molecule has 0 aliphatic carbocycles. The standard InChI is InChI=1S/C27H32N2O4S/c1-20-10-12-26(13-11-20)34(31,32)29(24-16-21(2)15-22(3)17-24)19-27(30)28-14-6-8-23-7-5-9-25(18-23)33-4/h5,7,9-13,15-18H,6,8,14,19H2,1-4H3,(H,28,30). The van der Waals surface area contributed by atoms with Crippen LogP contribution in [0.3, 0.4) is 0 Å². The first-order valence-corrected chi connectivity index (χ1v) is 12.7. The molecular formula is C27H32N2O4S. The lowest BCUT2D eigenvalue weighted by Gasteiger charge is -2.25. The number of methoxy groups -OCH3 is 1. The molecule has 0 fully saturated rings. The Bertz CT molecular complexity index is 1220. The number of anilines is 1. The maximum absolute atomic E-state index is 13.5. The van der Waals surface area contributed by atoms with Crippen LogP contribution in [0.4, 0.5) is 5.69 Å². The predicted octanol–water partition coefficient (Wildman–Crippen LogP) is 4.56. The first kappa shape index (κ1) is 25.3. The van der Waals surface area contributed by atoms with Gasteiger partial charge in [0.15, 0.2) is 0 Å². The molecule has 0 radical (unpaired) electrons. The van der Waals surface area contributed by atoms with E-state index in [9.17, 15) is 13.2 Å². The van der Waals surface area contributed by atoms with E-state index in [2.05, 4.69) is 5.32 Å². The van der Waals surface area contributed by atoms with E-state index in [-0.39, 0.29) is 17.3 Å². The predicted molar refractivity (Wildman–Crippen MR) is 136 cm³/mol. The maximum Gasteiger partial charge on any atom is 0.264 e. The van der Waals surface area contributed by atoms with Crippen molar-refractivity contribution < 1.29 is 17.9 Å². The van der Waals surface area contributed by atoms with Gasteiger partial charge < -0.3 is 10.1 Å². The summed E-state index contributed by atoms with van der Waals surface area (Å²) in [7, 11) is -2.29. The summed E-state index contributed by atoms with van der Waals surface area (Å²) in [4.78, 5) is 13.0. The van der Waals surface area contributed by atoms with E-state index in [0.29, 0.717) is 12.2 Å². The van der Waals surface area contributed by atoms with Gasteiger partial charge in [-0.05, 0) is 86.7 Å². The highest BCUT2D eigenvalue weighted by atomic mass is 32.2. The molecule has 0 unspecified atom stereocenters. The molecule has 1 amide bonds. The zero-order chi connectivity index (χ0) is 24.7. The number of hydrogen-bond acceptors (Lipinski definition) is 4. The molecule has 1 N–H and O–H groups in total. The Morgan fingerprint density at radius 3 is 2.24 bits per heavy atom. The molecule has 0 spiro atoms. The van der Waals surface area contributed by atoms with Crippen molar-refractivity contribution in [1.82, 2.24) is 5.32 Å². The molecule has 0 aliphatic heterocycles. The number of hydrogen-bond donors (Lipinski definition) is 1. The fourth-order valence-corrected chi connectivity index (χ4v) is 5.19. The van der Waals surface area contributed by atoms with E-state index in [4.69, 9.17) is 4.74 Å². The van der Waals surface area contributed by atoms with Crippen molar-refractivity contribution in [2.75, 3.05) is 24.5 Å². The summed E-state index contributed by atoms with van der Waals surface area (Å²) in [5.74, 6) is 0.451. The minimum absolute atomic E-state index is 0.156. The average molecular weight is 481 g/mol. The molecule has 0 heterocycles. The third kappa shape index (κ3) is 6.60. The van der Waals surface area contributed by atoms with Gasteiger partial charge in [-0.1, -0.05) is 35.9 Å². The molecule has 6 nitrogen and oxygen atoms in total. The number of rotatable bonds is 10. The van der Waals surface area contributed by atoms with Gasteiger partial charge in [0.05, 0.1) is 17.7 Å². The molecule has 0 atom stereocenters. The highest BCUT2D eigenvalue weighted by Crippen LogP contribution is 2.26. The van der Waals surface area contributed by atoms with Crippen molar-refractivity contribution in [3.8, 4) is 5.75 Å². The number of benzene rings is 3. The van der Waals surface area contributed by atoms with Gasteiger partial charge in [-0.2, -0.15) is 0 Å². The van der Waals surface area contributed by atoms with Crippen molar-refractivity contribution in [3.63, 3.8) is 0 Å². The van der Waals surface area contributed by atoms with Crippen LogP contribution < -0.4 is 14.4 Å². The molecule has 7 heteroatoms. The second-order valence-electron chi connectivity index (χ2n) is 8.48. The van der Waals surface area contributed by atoms with Crippen LogP contribution in [0.2, 0.25) is 0 Å². The summed E-state index contributed by atoms with van der Waals surface area (Å²) in [6.45, 7) is 5.87. The smallest absolute Gasteiger partial charge is 0.264 e. The van der Waals surface area contributed by atoms with Gasteiger partial charge in [0, 0.05) is 6.54 Å². The lowest BCUT2D eigenvalue weighted by Crippen LogP contribution is -2.41. The summed E-state index contributed by atoms with van der Waals surface area (Å²) < 4.78 is 33.5. The molecule has 3 aromatic rings. The Hall–Kier alpha value is -3.32. The SMILES string of the molecule is COc1cccc(CCCNC(=O)CN(c2cc(C)cc(C)c2)S(=O)(=O)c2ccc(C)cc2)c1. The number of carbonyl (C=O) groups excluding carboxylic acids is 1. The molecule has 0 saturated heterocycles. The highest BCUT2D eigenvalue weighted by molar-refractivity contribution is 7.92. The fraction of sp³-hybridized carbons (Fsp3) is 0.296. The Balaban J connectivity index is 1.73. The minimum Gasteiger partial charge on any atom is -0.497 e. The van der Waals surface area contributed by atoms with Crippen molar-refractivity contribution in [1.29, 1.82) is 0 Å². The molecule has 180 valence electrons. The third-order valence-electron chi connectivity index (χ3n) is 5.49. The van der Waals surface area contributed by atoms with Crippen LogP contribution in [0.15, 0.2) is 71.6 Å². The van der Waals surface area contributed by atoms with E-state index in [1.807, 2.05) is 51.1 Å². The van der Waals surface area contributed by atoms with Crippen LogP contribution in [0, 0.1) is 20.8 Å². The normalized spacial score (nSPS) is 11.2. The molecule has 34 heavy (non-hydrogen) atoms. The van der Waals surface area contributed by atoms with Crippen LogP contribution in [0.25, 0.3) is 0 Å². The molecule has 0 saturated carbocycles. The van der Waals surface area contributed by atoms with Crippen molar-refractivity contribution in [3.05, 3.63) is 89.0 Å². The van der Waals surface area contributed by atoms with Crippen LogP contribution in [0.1, 0.15) is 28.7 Å². The maximum atomic E-state index is 13.5.